The number of nitrogens with one attached hydrogen (secondary N) is 1. The van der Waals surface area contributed by atoms with E-state index < -0.39 is 6.03 Å². The molecule has 1 fully saturated rings. The average Bonchev–Trinajstić information content (AvgIpc) is 2.57. The van der Waals surface area contributed by atoms with E-state index in [0.29, 0.717) is 31.2 Å². The Morgan fingerprint density at radius 1 is 1.38 bits per heavy atom. The lowest BCUT2D eigenvalue weighted by molar-refractivity contribution is -0.121. The van der Waals surface area contributed by atoms with E-state index in [9.17, 15) is 9.59 Å². The SMILES string of the molecule is CCC(C)Sc1ccc(NC(=O)C2CCN(C(N)=O)CC2)c(C)c1. The van der Waals surface area contributed by atoms with Crippen LogP contribution in [0.3, 0.4) is 0 Å². The number of likely N-dealkylation sites (tertiary alicyclic amines) is 1. The van der Waals surface area contributed by atoms with Crippen molar-refractivity contribution >= 4 is 29.4 Å². The Labute approximate surface area is 148 Å². The lowest BCUT2D eigenvalue weighted by atomic mass is 9.96. The zero-order chi connectivity index (χ0) is 17.7. The lowest BCUT2D eigenvalue weighted by Crippen LogP contribution is -2.43. The van der Waals surface area contributed by atoms with E-state index in [-0.39, 0.29) is 11.8 Å². The highest BCUT2D eigenvalue weighted by Crippen LogP contribution is 2.29. The minimum absolute atomic E-state index is 0.0320. The first-order chi connectivity index (χ1) is 11.4. The number of rotatable bonds is 5. The van der Waals surface area contributed by atoms with Gasteiger partial charge in [-0.15, -0.1) is 11.8 Å². The third kappa shape index (κ3) is 4.90. The molecule has 1 aliphatic rings. The Morgan fingerprint density at radius 2 is 2.04 bits per heavy atom. The Bertz CT molecular complexity index is 598. The molecule has 1 heterocycles. The molecule has 1 aromatic rings. The molecule has 3 amide bonds. The summed E-state index contributed by atoms with van der Waals surface area (Å²) in [5.74, 6) is -0.0290. The standard InChI is InChI=1S/C18H27N3O2S/c1-4-13(3)24-15-5-6-16(12(2)11-15)20-17(22)14-7-9-21(10-8-14)18(19)23/h5-6,11,13-14H,4,7-10H2,1-3H3,(H2,19,23)(H,20,22). The normalized spacial score (nSPS) is 16.7. The fourth-order valence-electron chi connectivity index (χ4n) is 2.76. The van der Waals surface area contributed by atoms with Gasteiger partial charge in [0.1, 0.15) is 0 Å². The van der Waals surface area contributed by atoms with Gasteiger partial charge in [-0.3, -0.25) is 4.79 Å². The summed E-state index contributed by atoms with van der Waals surface area (Å²) in [6.07, 6.45) is 2.46. The number of urea groups is 1. The molecule has 0 radical (unpaired) electrons. The van der Waals surface area contributed by atoms with Crippen molar-refractivity contribution in [3.05, 3.63) is 23.8 Å². The molecule has 1 unspecified atom stereocenters. The minimum atomic E-state index is -0.404. The number of carbonyl (C=O) groups is 2. The van der Waals surface area contributed by atoms with E-state index in [1.54, 1.807) is 4.90 Å². The number of primary amides is 1. The van der Waals surface area contributed by atoms with E-state index in [1.165, 1.54) is 4.90 Å². The van der Waals surface area contributed by atoms with Crippen LogP contribution in [-0.2, 0) is 4.79 Å². The molecular weight excluding hydrogens is 322 g/mol. The molecule has 1 aliphatic heterocycles. The molecule has 5 nitrogen and oxygen atoms in total. The van der Waals surface area contributed by atoms with Gasteiger partial charge in [0, 0.05) is 34.8 Å². The van der Waals surface area contributed by atoms with Gasteiger partial charge in [-0.1, -0.05) is 13.8 Å². The molecular formula is C18H27N3O2S. The largest absolute Gasteiger partial charge is 0.351 e. The Hall–Kier alpha value is -1.69. The lowest BCUT2D eigenvalue weighted by Gasteiger charge is -2.30. The number of hydrogen-bond acceptors (Lipinski definition) is 3. The number of hydrogen-bond donors (Lipinski definition) is 2. The number of benzene rings is 1. The number of nitrogens with zero attached hydrogens (tertiary/aromatic N) is 1. The second-order valence-electron chi connectivity index (χ2n) is 6.40. The van der Waals surface area contributed by atoms with Crippen molar-refractivity contribution in [3.8, 4) is 0 Å². The molecule has 0 aliphatic carbocycles. The zero-order valence-corrected chi connectivity index (χ0v) is 15.5. The van der Waals surface area contributed by atoms with Gasteiger partial charge in [0.05, 0.1) is 0 Å². The van der Waals surface area contributed by atoms with E-state index >= 15 is 0 Å². The molecule has 0 aromatic heterocycles. The summed E-state index contributed by atoms with van der Waals surface area (Å²) in [6.45, 7) is 7.52. The molecule has 1 saturated heterocycles. The van der Waals surface area contributed by atoms with E-state index in [4.69, 9.17) is 5.73 Å². The van der Waals surface area contributed by atoms with Crippen molar-refractivity contribution in [1.82, 2.24) is 4.90 Å². The molecule has 3 N–H and O–H groups in total. The summed E-state index contributed by atoms with van der Waals surface area (Å²) >= 11 is 1.85. The first-order valence-corrected chi connectivity index (χ1v) is 9.41. The molecule has 2 rings (SSSR count). The monoisotopic (exact) mass is 349 g/mol. The Balaban J connectivity index is 1.93. The van der Waals surface area contributed by atoms with Crippen molar-refractivity contribution in [3.63, 3.8) is 0 Å². The Morgan fingerprint density at radius 3 is 2.58 bits per heavy atom. The summed E-state index contributed by atoms with van der Waals surface area (Å²) in [4.78, 5) is 26.4. The fraction of sp³-hybridized carbons (Fsp3) is 0.556. The molecule has 0 spiro atoms. The molecule has 1 aromatic carbocycles. The number of nitrogens with two attached hydrogens (primary N) is 1. The summed E-state index contributed by atoms with van der Waals surface area (Å²) < 4.78 is 0. The third-order valence-corrected chi connectivity index (χ3v) is 5.81. The van der Waals surface area contributed by atoms with Gasteiger partial charge in [0.2, 0.25) is 5.91 Å². The third-order valence-electron chi connectivity index (χ3n) is 4.55. The number of piperidine rings is 1. The van der Waals surface area contributed by atoms with Crippen LogP contribution in [0.2, 0.25) is 0 Å². The number of aryl methyl sites for hydroxylation is 1. The number of anilines is 1. The van der Waals surface area contributed by atoms with E-state index in [2.05, 4.69) is 31.3 Å². The average molecular weight is 350 g/mol. The maximum atomic E-state index is 12.5. The van der Waals surface area contributed by atoms with Crippen LogP contribution in [0.5, 0.6) is 0 Å². The second kappa shape index (κ2) is 8.42. The predicted octanol–water partition coefficient (Wildman–Crippen LogP) is 3.61. The topological polar surface area (TPSA) is 75.4 Å². The van der Waals surface area contributed by atoms with Crippen LogP contribution in [0.4, 0.5) is 10.5 Å². The highest BCUT2D eigenvalue weighted by atomic mass is 32.2. The molecule has 0 bridgehead atoms. The van der Waals surface area contributed by atoms with Crippen LogP contribution in [-0.4, -0.2) is 35.2 Å². The number of carbonyl (C=O) groups excluding carboxylic acids is 2. The van der Waals surface area contributed by atoms with Gasteiger partial charge in [0.15, 0.2) is 0 Å². The minimum Gasteiger partial charge on any atom is -0.351 e. The maximum Gasteiger partial charge on any atom is 0.314 e. The van der Waals surface area contributed by atoms with Crippen molar-refractivity contribution in [2.45, 2.75) is 50.2 Å². The molecule has 24 heavy (non-hydrogen) atoms. The summed E-state index contributed by atoms with van der Waals surface area (Å²) in [5, 5.41) is 3.62. The molecule has 132 valence electrons. The molecule has 6 heteroatoms. The van der Waals surface area contributed by atoms with E-state index in [0.717, 1.165) is 17.7 Å². The smallest absolute Gasteiger partial charge is 0.314 e. The molecule has 1 atom stereocenters. The highest BCUT2D eigenvalue weighted by molar-refractivity contribution is 7.99. The second-order valence-corrected chi connectivity index (χ2v) is 7.91. The van der Waals surface area contributed by atoms with Crippen LogP contribution in [0.25, 0.3) is 0 Å². The first-order valence-electron chi connectivity index (χ1n) is 8.53. The molecule has 0 saturated carbocycles. The van der Waals surface area contributed by atoms with Crippen LogP contribution in [0.15, 0.2) is 23.1 Å². The van der Waals surface area contributed by atoms with Crippen molar-refractivity contribution in [2.75, 3.05) is 18.4 Å². The van der Waals surface area contributed by atoms with Gasteiger partial charge >= 0.3 is 6.03 Å². The quantitative estimate of drug-likeness (QED) is 0.797. The Kier molecular flexibility index (Phi) is 6.54. The summed E-state index contributed by atoms with van der Waals surface area (Å²) in [7, 11) is 0. The maximum absolute atomic E-state index is 12.5. The van der Waals surface area contributed by atoms with Crippen LogP contribution < -0.4 is 11.1 Å². The number of thioether (sulfide) groups is 1. The van der Waals surface area contributed by atoms with Crippen LogP contribution in [0.1, 0.15) is 38.7 Å². The van der Waals surface area contributed by atoms with Crippen molar-refractivity contribution in [1.29, 1.82) is 0 Å². The van der Waals surface area contributed by atoms with Gasteiger partial charge in [-0.05, 0) is 49.9 Å². The number of amides is 3. The van der Waals surface area contributed by atoms with Gasteiger partial charge < -0.3 is 16.0 Å². The zero-order valence-electron chi connectivity index (χ0n) is 14.7. The predicted molar refractivity (Wildman–Crippen MR) is 99.3 cm³/mol. The summed E-state index contributed by atoms with van der Waals surface area (Å²) in [5.41, 5.74) is 7.22. The van der Waals surface area contributed by atoms with E-state index in [1.807, 2.05) is 24.8 Å². The van der Waals surface area contributed by atoms with Crippen molar-refractivity contribution < 1.29 is 9.59 Å². The van der Waals surface area contributed by atoms with Gasteiger partial charge in [-0.25, -0.2) is 4.79 Å². The van der Waals surface area contributed by atoms with Gasteiger partial charge in [-0.2, -0.15) is 0 Å². The van der Waals surface area contributed by atoms with Crippen LogP contribution in [0, 0.1) is 12.8 Å². The van der Waals surface area contributed by atoms with Crippen molar-refractivity contribution in [2.24, 2.45) is 11.7 Å². The highest BCUT2D eigenvalue weighted by Gasteiger charge is 2.26. The van der Waals surface area contributed by atoms with Crippen LogP contribution >= 0.6 is 11.8 Å². The fourth-order valence-corrected chi connectivity index (χ4v) is 3.78. The summed E-state index contributed by atoms with van der Waals surface area (Å²) in [6, 6.07) is 5.77. The first kappa shape index (κ1) is 18.6. The van der Waals surface area contributed by atoms with Gasteiger partial charge in [0.25, 0.3) is 0 Å².